The number of fused-ring (bicyclic) bond motifs is 1. The molecule has 2 rings (SSSR count). The molecule has 14 heavy (non-hydrogen) atoms. The Morgan fingerprint density at radius 3 is 2.43 bits per heavy atom. The van der Waals surface area contributed by atoms with Gasteiger partial charge in [-0.3, -0.25) is 0 Å². The van der Waals surface area contributed by atoms with Gasteiger partial charge in [-0.05, 0) is 12.1 Å². The van der Waals surface area contributed by atoms with E-state index in [1.165, 1.54) is 0 Å². The van der Waals surface area contributed by atoms with E-state index in [1.807, 2.05) is 26.0 Å². The Labute approximate surface area is 86.1 Å². The van der Waals surface area contributed by atoms with Crippen LogP contribution in [-0.4, -0.2) is 0 Å². The van der Waals surface area contributed by atoms with Crippen LogP contribution in [0.5, 0.6) is 0 Å². The lowest BCUT2D eigenvalue weighted by molar-refractivity contribution is 0.555. The number of furan rings is 1. The predicted octanol–water partition coefficient (Wildman–Crippen LogP) is 4.37. The first-order valence-electron chi connectivity index (χ1n) is 5.13. The van der Waals surface area contributed by atoms with Gasteiger partial charge in [-0.2, -0.15) is 0 Å². The Morgan fingerprint density at radius 1 is 1.07 bits per heavy atom. The van der Waals surface area contributed by atoms with Gasteiger partial charge in [-0.25, -0.2) is 0 Å². The van der Waals surface area contributed by atoms with Crippen molar-refractivity contribution in [3.8, 4) is 0 Å². The number of hydrogen-bond donors (Lipinski definition) is 0. The molecule has 0 bridgehead atoms. The minimum atomic E-state index is 0.140. The van der Waals surface area contributed by atoms with Crippen LogP contribution < -0.4 is 0 Å². The number of rotatable bonds is 0. The Kier molecular flexibility index (Phi) is 3.34. The molecule has 0 spiro atoms. The molecule has 76 valence electrons. The van der Waals surface area contributed by atoms with Crippen LogP contribution in [0.1, 0.15) is 39.0 Å². The van der Waals surface area contributed by atoms with Gasteiger partial charge in [0.25, 0.3) is 0 Å². The normalized spacial score (nSPS) is 16.6. The van der Waals surface area contributed by atoms with Gasteiger partial charge in [0.1, 0.15) is 5.76 Å². The van der Waals surface area contributed by atoms with Crippen molar-refractivity contribution < 1.29 is 4.42 Å². The molecule has 1 heterocycles. The predicted molar refractivity (Wildman–Crippen MR) is 61.9 cm³/mol. The zero-order valence-electron chi connectivity index (χ0n) is 9.37. The second-order valence-electron chi connectivity index (χ2n) is 3.73. The molecule has 1 nitrogen and oxygen atoms in total. The fourth-order valence-corrected chi connectivity index (χ4v) is 1.25. The first-order valence-corrected chi connectivity index (χ1v) is 5.13. The van der Waals surface area contributed by atoms with Crippen molar-refractivity contribution in [2.24, 2.45) is 5.41 Å². The molecule has 0 unspecified atom stereocenters. The van der Waals surface area contributed by atoms with Crippen molar-refractivity contribution in [3.63, 3.8) is 0 Å². The molecule has 1 heteroatoms. The summed E-state index contributed by atoms with van der Waals surface area (Å²) in [7, 11) is 0. The van der Waals surface area contributed by atoms with Crippen LogP contribution in [0, 0.1) is 5.41 Å². The minimum absolute atomic E-state index is 0.140. The highest BCUT2D eigenvalue weighted by Gasteiger charge is 2.13. The highest BCUT2D eigenvalue weighted by molar-refractivity contribution is 5.64. The zero-order chi connectivity index (χ0) is 10.6. The average molecular weight is 190 g/mol. The first-order chi connectivity index (χ1) is 6.67. The molecule has 0 aromatic carbocycles. The minimum Gasteiger partial charge on any atom is -0.464 e. The van der Waals surface area contributed by atoms with Gasteiger partial charge in [0.15, 0.2) is 0 Å². The van der Waals surface area contributed by atoms with E-state index in [0.29, 0.717) is 0 Å². The smallest absolute Gasteiger partial charge is 0.133 e. The maximum Gasteiger partial charge on any atom is 0.133 e. The summed E-state index contributed by atoms with van der Waals surface area (Å²) < 4.78 is 5.29. The van der Waals surface area contributed by atoms with Gasteiger partial charge in [0.2, 0.25) is 0 Å². The topological polar surface area (TPSA) is 13.1 Å². The summed E-state index contributed by atoms with van der Waals surface area (Å²) in [5, 5.41) is 0. The molecule has 1 aromatic rings. The van der Waals surface area contributed by atoms with Crippen LogP contribution >= 0.6 is 0 Å². The quantitative estimate of drug-likeness (QED) is 0.592. The standard InChI is InChI=1S/C11H12O.C2H6/c1-11(2)6-3-9-5-8-12-10(9)4-7-11;1-2/h3-8H,1-2H3;1-2H3. The first kappa shape index (κ1) is 10.8. The van der Waals surface area contributed by atoms with Crippen LogP contribution in [0.2, 0.25) is 0 Å². The van der Waals surface area contributed by atoms with Crippen LogP contribution in [0.3, 0.4) is 0 Å². The van der Waals surface area contributed by atoms with Gasteiger partial charge in [0.05, 0.1) is 6.26 Å². The Hall–Kier alpha value is -1.24. The Bertz CT molecular complexity index is 309. The van der Waals surface area contributed by atoms with Crippen LogP contribution in [-0.2, 0) is 0 Å². The van der Waals surface area contributed by atoms with Crippen LogP contribution in [0.4, 0.5) is 0 Å². The van der Waals surface area contributed by atoms with Gasteiger partial charge in [0, 0.05) is 11.0 Å². The molecule has 0 aliphatic heterocycles. The van der Waals surface area contributed by atoms with Gasteiger partial charge in [-0.1, -0.05) is 45.9 Å². The maximum absolute atomic E-state index is 5.29. The molecule has 1 aliphatic carbocycles. The summed E-state index contributed by atoms with van der Waals surface area (Å²) in [5.74, 6) is 0.955. The van der Waals surface area contributed by atoms with Crippen molar-refractivity contribution >= 4 is 12.2 Å². The van der Waals surface area contributed by atoms with E-state index in [9.17, 15) is 0 Å². The van der Waals surface area contributed by atoms with Crippen LogP contribution in [0.15, 0.2) is 28.9 Å². The molecule has 0 saturated heterocycles. The molecular weight excluding hydrogens is 172 g/mol. The zero-order valence-corrected chi connectivity index (χ0v) is 9.37. The van der Waals surface area contributed by atoms with Crippen molar-refractivity contribution in [2.45, 2.75) is 27.7 Å². The molecular formula is C13H18O. The second kappa shape index (κ2) is 4.32. The number of hydrogen-bond acceptors (Lipinski definition) is 1. The molecule has 1 aliphatic rings. The van der Waals surface area contributed by atoms with E-state index < -0.39 is 0 Å². The van der Waals surface area contributed by atoms with Crippen molar-refractivity contribution in [3.05, 3.63) is 35.8 Å². The summed E-state index contributed by atoms with van der Waals surface area (Å²) in [6.45, 7) is 8.34. The summed E-state index contributed by atoms with van der Waals surface area (Å²) in [6, 6.07) is 1.98. The van der Waals surface area contributed by atoms with E-state index in [-0.39, 0.29) is 5.41 Å². The lowest BCUT2D eigenvalue weighted by Gasteiger charge is -2.11. The third-order valence-corrected chi connectivity index (χ3v) is 2.08. The fraction of sp³-hybridized carbons (Fsp3) is 0.385. The van der Waals surface area contributed by atoms with E-state index in [2.05, 4.69) is 32.1 Å². The monoisotopic (exact) mass is 190 g/mol. The Morgan fingerprint density at radius 2 is 1.71 bits per heavy atom. The molecule has 0 fully saturated rings. The van der Waals surface area contributed by atoms with E-state index >= 15 is 0 Å². The SMILES string of the molecule is CC.CC1(C)C=Cc2ccoc2C=C1. The maximum atomic E-state index is 5.29. The molecule has 1 aromatic heterocycles. The van der Waals surface area contributed by atoms with E-state index in [1.54, 1.807) is 6.26 Å². The third kappa shape index (κ3) is 2.38. The molecule has 0 N–H and O–H groups in total. The van der Waals surface area contributed by atoms with E-state index in [4.69, 9.17) is 4.42 Å². The largest absolute Gasteiger partial charge is 0.464 e. The molecule has 0 amide bonds. The van der Waals surface area contributed by atoms with Crippen molar-refractivity contribution in [2.75, 3.05) is 0 Å². The molecule has 0 saturated carbocycles. The molecule has 0 radical (unpaired) electrons. The average Bonchev–Trinajstić information content (AvgIpc) is 2.58. The van der Waals surface area contributed by atoms with Gasteiger partial charge in [-0.15, -0.1) is 0 Å². The summed E-state index contributed by atoms with van der Waals surface area (Å²) in [4.78, 5) is 0. The highest BCUT2D eigenvalue weighted by Crippen LogP contribution is 2.27. The summed E-state index contributed by atoms with van der Waals surface area (Å²) in [5.41, 5.74) is 1.30. The molecule has 0 atom stereocenters. The lowest BCUT2D eigenvalue weighted by Crippen LogP contribution is -2.00. The van der Waals surface area contributed by atoms with Gasteiger partial charge >= 0.3 is 0 Å². The lowest BCUT2D eigenvalue weighted by atomic mass is 9.93. The van der Waals surface area contributed by atoms with E-state index in [0.717, 1.165) is 11.3 Å². The summed E-state index contributed by atoms with van der Waals surface area (Å²) in [6.07, 6.45) is 10.2. The fourth-order valence-electron chi connectivity index (χ4n) is 1.25. The summed E-state index contributed by atoms with van der Waals surface area (Å²) >= 11 is 0. The van der Waals surface area contributed by atoms with Crippen molar-refractivity contribution in [1.29, 1.82) is 0 Å². The third-order valence-electron chi connectivity index (χ3n) is 2.08. The van der Waals surface area contributed by atoms with Crippen molar-refractivity contribution in [1.82, 2.24) is 0 Å². The Balaban J connectivity index is 0.000000461. The van der Waals surface area contributed by atoms with Gasteiger partial charge < -0.3 is 4.42 Å². The highest BCUT2D eigenvalue weighted by atomic mass is 16.3. The van der Waals surface area contributed by atoms with Crippen LogP contribution in [0.25, 0.3) is 12.2 Å². The number of allylic oxidation sites excluding steroid dienone is 2. The second-order valence-corrected chi connectivity index (χ2v) is 3.73.